The van der Waals surface area contributed by atoms with E-state index in [-0.39, 0.29) is 11.4 Å². The van der Waals surface area contributed by atoms with Crippen molar-refractivity contribution in [3.8, 4) is 11.5 Å². The minimum absolute atomic E-state index is 0.0690. The molecule has 2 rings (SSSR count). The van der Waals surface area contributed by atoms with Gasteiger partial charge in [0.1, 0.15) is 13.2 Å². The second-order valence-electron chi connectivity index (χ2n) is 4.38. The smallest absolute Gasteiger partial charge is 0.176 e. The average molecular weight is 287 g/mol. The van der Waals surface area contributed by atoms with Crippen LogP contribution in [0.1, 0.15) is 11.7 Å². The molecule has 0 saturated heterocycles. The van der Waals surface area contributed by atoms with Crippen LogP contribution in [-0.2, 0) is 9.84 Å². The van der Waals surface area contributed by atoms with Gasteiger partial charge in [0, 0.05) is 24.4 Å². The van der Waals surface area contributed by atoms with E-state index in [2.05, 4.69) is 5.32 Å². The van der Waals surface area contributed by atoms with E-state index in [0.29, 0.717) is 30.3 Å². The van der Waals surface area contributed by atoms with Gasteiger partial charge in [-0.2, -0.15) is 0 Å². The number of fused-ring (bicyclic) bond motifs is 1. The summed E-state index contributed by atoms with van der Waals surface area (Å²) < 4.78 is 34.4. The maximum absolute atomic E-state index is 11.8. The number of aliphatic hydroxyl groups excluding tert-OH is 1. The van der Waals surface area contributed by atoms with Crippen molar-refractivity contribution in [2.45, 2.75) is 11.0 Å². The summed E-state index contributed by atoms with van der Waals surface area (Å²) in [5.41, 5.74) is 0.320. The molecule has 7 heteroatoms. The third kappa shape index (κ3) is 2.99. The minimum Gasteiger partial charge on any atom is -0.486 e. The molecule has 0 aromatic heterocycles. The Balaban J connectivity index is 2.55. The van der Waals surface area contributed by atoms with E-state index in [1.165, 1.54) is 12.1 Å². The molecule has 0 aliphatic carbocycles. The fraction of sp³-hybridized carbons (Fsp3) is 0.500. The maximum Gasteiger partial charge on any atom is 0.176 e. The average Bonchev–Trinajstić information content (AvgIpc) is 2.36. The van der Waals surface area contributed by atoms with Gasteiger partial charge < -0.3 is 19.9 Å². The molecule has 1 aliphatic rings. The lowest BCUT2D eigenvalue weighted by molar-refractivity contribution is 0.161. The fourth-order valence-electron chi connectivity index (χ4n) is 1.97. The Hall–Kier alpha value is -1.31. The summed E-state index contributed by atoms with van der Waals surface area (Å²) in [6.07, 6.45) is 0.180. The molecule has 0 radical (unpaired) electrons. The van der Waals surface area contributed by atoms with E-state index < -0.39 is 15.9 Å². The van der Waals surface area contributed by atoms with Crippen LogP contribution >= 0.6 is 0 Å². The first-order chi connectivity index (χ1) is 8.93. The van der Waals surface area contributed by atoms with Crippen LogP contribution in [0.15, 0.2) is 17.0 Å². The molecule has 6 nitrogen and oxygen atoms in total. The largest absolute Gasteiger partial charge is 0.486 e. The van der Waals surface area contributed by atoms with Gasteiger partial charge in [0.15, 0.2) is 21.3 Å². The number of hydrogen-bond acceptors (Lipinski definition) is 6. The molecule has 0 amide bonds. The number of benzene rings is 1. The van der Waals surface area contributed by atoms with E-state index in [0.717, 1.165) is 6.26 Å². The molecule has 1 heterocycles. The van der Waals surface area contributed by atoms with E-state index in [1.54, 1.807) is 7.05 Å². The molecule has 1 aromatic rings. The summed E-state index contributed by atoms with van der Waals surface area (Å²) in [4.78, 5) is 0.0690. The minimum atomic E-state index is -3.45. The number of aliphatic hydroxyl groups is 1. The SMILES string of the molecule is CNCC(O)c1cc2c(cc1S(C)(=O)=O)OCCO2. The Morgan fingerprint density at radius 2 is 1.89 bits per heavy atom. The highest BCUT2D eigenvalue weighted by Gasteiger charge is 2.24. The molecule has 0 fully saturated rings. The van der Waals surface area contributed by atoms with Crippen molar-refractivity contribution in [2.24, 2.45) is 0 Å². The van der Waals surface area contributed by atoms with Gasteiger partial charge in [-0.1, -0.05) is 0 Å². The Bertz CT molecular complexity index is 570. The molecule has 1 aromatic carbocycles. The highest BCUT2D eigenvalue weighted by Crippen LogP contribution is 2.37. The van der Waals surface area contributed by atoms with Crippen molar-refractivity contribution in [3.63, 3.8) is 0 Å². The van der Waals surface area contributed by atoms with Crippen molar-refractivity contribution < 1.29 is 23.0 Å². The van der Waals surface area contributed by atoms with Crippen LogP contribution < -0.4 is 14.8 Å². The molecular formula is C12H17NO5S. The lowest BCUT2D eigenvalue weighted by Crippen LogP contribution is -2.21. The number of nitrogens with one attached hydrogen (secondary N) is 1. The monoisotopic (exact) mass is 287 g/mol. The van der Waals surface area contributed by atoms with Gasteiger partial charge in [-0.15, -0.1) is 0 Å². The van der Waals surface area contributed by atoms with Crippen LogP contribution in [-0.4, -0.2) is 46.6 Å². The van der Waals surface area contributed by atoms with Crippen LogP contribution in [0.2, 0.25) is 0 Å². The summed E-state index contributed by atoms with van der Waals surface area (Å²) in [7, 11) is -1.77. The molecular weight excluding hydrogens is 270 g/mol. The van der Waals surface area contributed by atoms with Crippen molar-refractivity contribution in [2.75, 3.05) is 33.1 Å². The van der Waals surface area contributed by atoms with Crippen LogP contribution in [0.5, 0.6) is 11.5 Å². The zero-order valence-corrected chi connectivity index (χ0v) is 11.7. The van der Waals surface area contributed by atoms with E-state index >= 15 is 0 Å². The molecule has 106 valence electrons. The predicted octanol–water partition coefficient (Wildman–Crippen LogP) is 0.114. The Labute approximate surface area is 112 Å². The molecule has 2 N–H and O–H groups in total. The maximum atomic E-state index is 11.8. The first-order valence-corrected chi connectivity index (χ1v) is 7.79. The summed E-state index contributed by atoms with van der Waals surface area (Å²) in [6.45, 7) is 1.05. The van der Waals surface area contributed by atoms with Crippen LogP contribution in [0.3, 0.4) is 0 Å². The number of likely N-dealkylation sites (N-methyl/N-ethyl adjacent to an activating group) is 1. The quantitative estimate of drug-likeness (QED) is 0.818. The molecule has 1 aliphatic heterocycles. The van der Waals surface area contributed by atoms with Crippen molar-refractivity contribution >= 4 is 9.84 Å². The van der Waals surface area contributed by atoms with Gasteiger partial charge in [-0.25, -0.2) is 8.42 Å². The third-order valence-electron chi connectivity index (χ3n) is 2.83. The first-order valence-electron chi connectivity index (χ1n) is 5.89. The summed E-state index contributed by atoms with van der Waals surface area (Å²) in [6, 6.07) is 2.95. The van der Waals surface area contributed by atoms with Crippen LogP contribution in [0.25, 0.3) is 0 Å². The normalized spacial score (nSPS) is 16.2. The van der Waals surface area contributed by atoms with Gasteiger partial charge in [0.05, 0.1) is 11.0 Å². The predicted molar refractivity (Wildman–Crippen MR) is 69.4 cm³/mol. The standard InChI is InChI=1S/C12H17NO5S/c1-13-7-9(14)8-5-10-11(18-4-3-17-10)6-12(8)19(2,15)16/h5-6,9,13-14H,3-4,7H2,1-2H3. The summed E-state index contributed by atoms with van der Waals surface area (Å²) in [5, 5.41) is 12.9. The van der Waals surface area contributed by atoms with Gasteiger partial charge >= 0.3 is 0 Å². The second kappa shape index (κ2) is 5.36. The third-order valence-corrected chi connectivity index (χ3v) is 3.98. The highest BCUT2D eigenvalue weighted by molar-refractivity contribution is 7.90. The lowest BCUT2D eigenvalue weighted by atomic mass is 10.1. The zero-order valence-electron chi connectivity index (χ0n) is 10.8. The van der Waals surface area contributed by atoms with E-state index in [9.17, 15) is 13.5 Å². The Kier molecular flexibility index (Phi) is 3.98. The molecule has 1 unspecified atom stereocenters. The number of sulfone groups is 1. The van der Waals surface area contributed by atoms with Gasteiger partial charge in [-0.3, -0.25) is 0 Å². The summed E-state index contributed by atoms with van der Waals surface area (Å²) >= 11 is 0. The molecule has 1 atom stereocenters. The number of hydrogen-bond donors (Lipinski definition) is 2. The van der Waals surface area contributed by atoms with Crippen molar-refractivity contribution in [1.82, 2.24) is 5.32 Å². The molecule has 0 saturated carbocycles. The fourth-order valence-corrected chi connectivity index (χ4v) is 2.91. The van der Waals surface area contributed by atoms with Crippen molar-refractivity contribution in [1.29, 1.82) is 0 Å². The zero-order chi connectivity index (χ0) is 14.0. The van der Waals surface area contributed by atoms with E-state index in [1.807, 2.05) is 0 Å². The van der Waals surface area contributed by atoms with Gasteiger partial charge in [-0.05, 0) is 13.1 Å². The Morgan fingerprint density at radius 1 is 1.32 bits per heavy atom. The van der Waals surface area contributed by atoms with Gasteiger partial charge in [0.25, 0.3) is 0 Å². The first kappa shape index (κ1) is 14.1. The topological polar surface area (TPSA) is 84.9 Å². The highest BCUT2D eigenvalue weighted by atomic mass is 32.2. The van der Waals surface area contributed by atoms with Gasteiger partial charge in [0.2, 0.25) is 0 Å². The molecule has 0 bridgehead atoms. The number of ether oxygens (including phenoxy) is 2. The summed E-state index contributed by atoms with van der Waals surface area (Å²) in [5.74, 6) is 0.857. The Morgan fingerprint density at radius 3 is 2.42 bits per heavy atom. The van der Waals surface area contributed by atoms with Crippen LogP contribution in [0.4, 0.5) is 0 Å². The molecule has 19 heavy (non-hydrogen) atoms. The number of rotatable bonds is 4. The van der Waals surface area contributed by atoms with E-state index in [4.69, 9.17) is 9.47 Å². The lowest BCUT2D eigenvalue weighted by Gasteiger charge is -2.22. The van der Waals surface area contributed by atoms with Crippen molar-refractivity contribution in [3.05, 3.63) is 17.7 Å². The second-order valence-corrected chi connectivity index (χ2v) is 6.36. The van der Waals surface area contributed by atoms with Crippen LogP contribution in [0, 0.1) is 0 Å². The molecule has 0 spiro atoms.